The number of primary amides is 1. The van der Waals surface area contributed by atoms with Gasteiger partial charge in [-0.3, -0.25) is 14.4 Å². The van der Waals surface area contributed by atoms with E-state index in [0.29, 0.717) is 23.0 Å². The number of nitrogens with two attached hydrogens (primary N) is 1. The minimum atomic E-state index is -0.557. The quantitative estimate of drug-likeness (QED) is 0.708. The number of carbonyl (C=O) groups excluding carboxylic acids is 3. The molecule has 108 valence electrons. The molecular weight excluding hydrogens is 300 g/mol. The number of thiazole rings is 1. The maximum Gasteiger partial charge on any atom is 0.249 e. The van der Waals surface area contributed by atoms with Crippen LogP contribution in [0, 0.1) is 0 Å². The Morgan fingerprint density at radius 1 is 1.55 bits per heavy atom. The molecule has 0 spiro atoms. The molecular formula is C11H14N4O3S2. The number of nitrogens with zero attached hydrogens (tertiary/aromatic N) is 1. The van der Waals surface area contributed by atoms with E-state index in [9.17, 15) is 14.4 Å². The molecule has 1 aromatic heterocycles. The Labute approximate surface area is 123 Å². The average Bonchev–Trinajstić information content (AvgIpc) is 2.67. The standard InChI is InChI=1S/C11H14N4O3S2/c12-8(16)3-6-4-20-11(13-6)15-10(18)7-5-19-2-1-9(17)14-7/h4,7H,1-3,5H2,(H2,12,16)(H,14,17)(H,13,15,18)/t7-/m0/s1. The Morgan fingerprint density at radius 3 is 3.10 bits per heavy atom. The van der Waals surface area contributed by atoms with Gasteiger partial charge in [0.15, 0.2) is 5.13 Å². The third-order valence-corrected chi connectivity index (χ3v) is 4.42. The minimum absolute atomic E-state index is 0.0440. The van der Waals surface area contributed by atoms with Crippen molar-refractivity contribution in [3.05, 3.63) is 11.1 Å². The van der Waals surface area contributed by atoms with E-state index >= 15 is 0 Å². The molecule has 1 atom stereocenters. The van der Waals surface area contributed by atoms with Gasteiger partial charge in [-0.05, 0) is 0 Å². The van der Waals surface area contributed by atoms with Crippen LogP contribution in [0.3, 0.4) is 0 Å². The van der Waals surface area contributed by atoms with E-state index in [1.165, 1.54) is 11.3 Å². The molecule has 9 heteroatoms. The molecule has 0 aliphatic carbocycles. The van der Waals surface area contributed by atoms with Crippen LogP contribution in [0.4, 0.5) is 5.13 Å². The first-order valence-electron chi connectivity index (χ1n) is 5.95. The van der Waals surface area contributed by atoms with Crippen LogP contribution in [0.2, 0.25) is 0 Å². The van der Waals surface area contributed by atoms with Crippen LogP contribution in [0.15, 0.2) is 5.38 Å². The summed E-state index contributed by atoms with van der Waals surface area (Å²) in [5, 5.41) is 7.38. The summed E-state index contributed by atoms with van der Waals surface area (Å²) in [6, 6.07) is -0.557. The van der Waals surface area contributed by atoms with Crippen molar-refractivity contribution in [2.24, 2.45) is 5.73 Å². The maximum absolute atomic E-state index is 12.0. The zero-order valence-corrected chi connectivity index (χ0v) is 12.2. The summed E-state index contributed by atoms with van der Waals surface area (Å²) in [6.45, 7) is 0. The normalized spacial score (nSPS) is 19.0. The maximum atomic E-state index is 12.0. The molecule has 3 amide bonds. The highest BCUT2D eigenvalue weighted by atomic mass is 32.2. The summed E-state index contributed by atoms with van der Waals surface area (Å²) in [4.78, 5) is 38.3. The Balaban J connectivity index is 1.94. The van der Waals surface area contributed by atoms with Crippen molar-refractivity contribution in [2.45, 2.75) is 18.9 Å². The van der Waals surface area contributed by atoms with E-state index in [1.54, 1.807) is 17.1 Å². The van der Waals surface area contributed by atoms with Crippen LogP contribution < -0.4 is 16.4 Å². The van der Waals surface area contributed by atoms with Crippen LogP contribution in [-0.4, -0.2) is 40.3 Å². The zero-order chi connectivity index (χ0) is 14.5. The number of amides is 3. The molecule has 0 bridgehead atoms. The third kappa shape index (κ3) is 4.20. The summed E-state index contributed by atoms with van der Waals surface area (Å²) >= 11 is 2.78. The summed E-state index contributed by atoms with van der Waals surface area (Å²) in [5.74, 6) is 0.365. The molecule has 1 aliphatic heterocycles. The van der Waals surface area contributed by atoms with Crippen molar-refractivity contribution < 1.29 is 14.4 Å². The smallest absolute Gasteiger partial charge is 0.249 e. The molecule has 0 aromatic carbocycles. The summed E-state index contributed by atoms with van der Waals surface area (Å²) in [7, 11) is 0. The molecule has 0 unspecified atom stereocenters. The first kappa shape index (κ1) is 14.8. The number of hydrogen-bond acceptors (Lipinski definition) is 6. The number of rotatable bonds is 4. The van der Waals surface area contributed by atoms with Crippen LogP contribution >= 0.6 is 23.1 Å². The van der Waals surface area contributed by atoms with Gasteiger partial charge in [0.25, 0.3) is 0 Å². The van der Waals surface area contributed by atoms with Crippen LogP contribution in [0.5, 0.6) is 0 Å². The first-order chi connectivity index (χ1) is 9.54. The molecule has 2 heterocycles. The molecule has 1 aliphatic rings. The molecule has 0 saturated carbocycles. The lowest BCUT2D eigenvalue weighted by Crippen LogP contribution is -2.44. The highest BCUT2D eigenvalue weighted by molar-refractivity contribution is 7.99. The lowest BCUT2D eigenvalue weighted by molar-refractivity contribution is -0.125. The van der Waals surface area contributed by atoms with Crippen molar-refractivity contribution in [2.75, 3.05) is 16.8 Å². The predicted octanol–water partition coefficient (Wildman–Crippen LogP) is -0.269. The van der Waals surface area contributed by atoms with Crippen molar-refractivity contribution in [1.29, 1.82) is 0 Å². The Kier molecular flexibility index (Phi) is 4.96. The number of anilines is 1. The van der Waals surface area contributed by atoms with Crippen molar-refractivity contribution in [3.8, 4) is 0 Å². The van der Waals surface area contributed by atoms with Gasteiger partial charge < -0.3 is 16.4 Å². The van der Waals surface area contributed by atoms with E-state index in [1.807, 2.05) is 0 Å². The van der Waals surface area contributed by atoms with Crippen LogP contribution in [0.1, 0.15) is 12.1 Å². The van der Waals surface area contributed by atoms with Gasteiger partial charge in [0.1, 0.15) is 6.04 Å². The van der Waals surface area contributed by atoms with Crippen molar-refractivity contribution in [1.82, 2.24) is 10.3 Å². The highest BCUT2D eigenvalue weighted by Gasteiger charge is 2.24. The molecule has 4 N–H and O–H groups in total. The highest BCUT2D eigenvalue weighted by Crippen LogP contribution is 2.17. The number of nitrogens with one attached hydrogen (secondary N) is 2. The third-order valence-electron chi connectivity index (χ3n) is 2.55. The lowest BCUT2D eigenvalue weighted by atomic mass is 10.3. The summed E-state index contributed by atoms with van der Waals surface area (Å²) in [6.07, 6.45) is 0.469. The molecule has 1 saturated heterocycles. The Hall–Kier alpha value is -1.61. The van der Waals surface area contributed by atoms with Gasteiger partial charge in [-0.2, -0.15) is 11.8 Å². The Bertz CT molecular complexity index is 531. The molecule has 2 rings (SSSR count). The van der Waals surface area contributed by atoms with Gasteiger partial charge in [-0.15, -0.1) is 11.3 Å². The van der Waals surface area contributed by atoms with Gasteiger partial charge in [-0.1, -0.05) is 0 Å². The van der Waals surface area contributed by atoms with E-state index < -0.39 is 11.9 Å². The van der Waals surface area contributed by atoms with Gasteiger partial charge in [-0.25, -0.2) is 4.98 Å². The van der Waals surface area contributed by atoms with Gasteiger partial charge in [0.05, 0.1) is 12.1 Å². The van der Waals surface area contributed by atoms with Crippen molar-refractivity contribution >= 4 is 46.0 Å². The number of hydrogen-bond donors (Lipinski definition) is 3. The monoisotopic (exact) mass is 314 g/mol. The second-order valence-electron chi connectivity index (χ2n) is 4.22. The largest absolute Gasteiger partial charge is 0.369 e. The van der Waals surface area contributed by atoms with E-state index in [-0.39, 0.29) is 18.2 Å². The molecule has 20 heavy (non-hydrogen) atoms. The van der Waals surface area contributed by atoms with Gasteiger partial charge >= 0.3 is 0 Å². The molecule has 0 radical (unpaired) electrons. The van der Waals surface area contributed by atoms with Crippen LogP contribution in [0.25, 0.3) is 0 Å². The van der Waals surface area contributed by atoms with E-state index in [2.05, 4.69) is 15.6 Å². The second-order valence-corrected chi connectivity index (χ2v) is 6.23. The SMILES string of the molecule is NC(=O)Cc1csc(NC(=O)[C@@H]2CSCCC(=O)N2)n1. The average molecular weight is 314 g/mol. The molecule has 7 nitrogen and oxygen atoms in total. The molecule has 1 fully saturated rings. The van der Waals surface area contributed by atoms with E-state index in [0.717, 1.165) is 5.75 Å². The van der Waals surface area contributed by atoms with Gasteiger partial charge in [0.2, 0.25) is 17.7 Å². The van der Waals surface area contributed by atoms with Crippen LogP contribution in [-0.2, 0) is 20.8 Å². The number of thioether (sulfide) groups is 1. The second kappa shape index (κ2) is 6.71. The Morgan fingerprint density at radius 2 is 2.35 bits per heavy atom. The van der Waals surface area contributed by atoms with E-state index in [4.69, 9.17) is 5.73 Å². The zero-order valence-electron chi connectivity index (χ0n) is 10.5. The summed E-state index contributed by atoms with van der Waals surface area (Å²) < 4.78 is 0. The summed E-state index contributed by atoms with van der Waals surface area (Å²) in [5.41, 5.74) is 5.60. The number of aromatic nitrogens is 1. The number of carbonyl (C=O) groups is 3. The minimum Gasteiger partial charge on any atom is -0.369 e. The molecule has 1 aromatic rings. The van der Waals surface area contributed by atoms with Gasteiger partial charge in [0, 0.05) is 23.3 Å². The topological polar surface area (TPSA) is 114 Å². The van der Waals surface area contributed by atoms with Crippen molar-refractivity contribution in [3.63, 3.8) is 0 Å². The fourth-order valence-electron chi connectivity index (χ4n) is 1.63. The predicted molar refractivity (Wildman–Crippen MR) is 77.5 cm³/mol. The first-order valence-corrected chi connectivity index (χ1v) is 7.98. The fourth-order valence-corrected chi connectivity index (χ4v) is 3.31. The fraction of sp³-hybridized carbons (Fsp3) is 0.455. The lowest BCUT2D eigenvalue weighted by Gasteiger charge is -2.13.